The lowest BCUT2D eigenvalue weighted by Crippen LogP contribution is -2.35. The van der Waals surface area contributed by atoms with E-state index < -0.39 is 17.7 Å². The number of unbranched alkanes of at least 4 members (excludes halogenated alkanes) is 2. The number of pyridine rings is 1. The van der Waals surface area contributed by atoms with Crippen LogP contribution in [-0.2, 0) is 9.53 Å². The second-order valence-electron chi connectivity index (χ2n) is 9.49. The lowest BCUT2D eigenvalue weighted by molar-refractivity contribution is -0.118. The molecule has 188 valence electrons. The van der Waals surface area contributed by atoms with Crippen molar-refractivity contribution in [3.05, 3.63) is 42.4 Å². The molecule has 8 nitrogen and oxygen atoms in total. The summed E-state index contributed by atoms with van der Waals surface area (Å²) in [6.45, 7) is 7.32. The number of benzene rings is 1. The predicted molar refractivity (Wildman–Crippen MR) is 134 cm³/mol. The van der Waals surface area contributed by atoms with Gasteiger partial charge in [0, 0.05) is 18.2 Å². The SMILES string of the molecule is CCC(=O)CCCCC[C@H](NC(=O)OC(C)(C)C)c1ncc(-c2cc3ccccc3nc2OC)o1. The zero-order chi connectivity index (χ0) is 25.4. The van der Waals surface area contributed by atoms with Crippen LogP contribution in [0.2, 0.25) is 0 Å². The fourth-order valence-corrected chi connectivity index (χ4v) is 3.74. The highest BCUT2D eigenvalue weighted by Gasteiger charge is 2.25. The number of nitrogens with one attached hydrogen (secondary N) is 1. The van der Waals surface area contributed by atoms with Crippen molar-refractivity contribution in [1.82, 2.24) is 15.3 Å². The third kappa shape index (κ3) is 7.53. The molecule has 0 saturated heterocycles. The van der Waals surface area contributed by atoms with E-state index in [1.807, 2.05) is 58.0 Å². The highest BCUT2D eigenvalue weighted by atomic mass is 16.6. The van der Waals surface area contributed by atoms with Gasteiger partial charge in [-0.1, -0.05) is 38.0 Å². The van der Waals surface area contributed by atoms with Crippen LogP contribution in [0.3, 0.4) is 0 Å². The van der Waals surface area contributed by atoms with Crippen LogP contribution in [-0.4, -0.2) is 34.6 Å². The Kier molecular flexibility index (Phi) is 8.84. The maximum absolute atomic E-state index is 12.5. The average Bonchev–Trinajstić information content (AvgIpc) is 3.30. The number of para-hydroxylation sites is 1. The predicted octanol–water partition coefficient (Wildman–Crippen LogP) is 6.39. The first-order valence-electron chi connectivity index (χ1n) is 12.1. The van der Waals surface area contributed by atoms with Gasteiger partial charge >= 0.3 is 6.09 Å². The minimum absolute atomic E-state index is 0.267. The van der Waals surface area contributed by atoms with E-state index in [1.165, 1.54) is 0 Å². The Bertz CT molecular complexity index is 1150. The quantitative estimate of drug-likeness (QED) is 0.316. The van der Waals surface area contributed by atoms with Crippen LogP contribution < -0.4 is 10.1 Å². The van der Waals surface area contributed by atoms with Gasteiger partial charge < -0.3 is 19.2 Å². The Morgan fingerprint density at radius 3 is 2.63 bits per heavy atom. The van der Waals surface area contributed by atoms with Gasteiger partial charge in [-0.3, -0.25) is 4.79 Å². The number of Topliss-reactive ketones (excluding diaryl/α,β-unsaturated/α-hetero) is 1. The van der Waals surface area contributed by atoms with Crippen molar-refractivity contribution in [3.8, 4) is 17.2 Å². The molecule has 0 fully saturated rings. The van der Waals surface area contributed by atoms with Crippen LogP contribution in [0.4, 0.5) is 4.79 Å². The second kappa shape index (κ2) is 11.8. The summed E-state index contributed by atoms with van der Waals surface area (Å²) in [5, 5.41) is 3.84. The van der Waals surface area contributed by atoms with Crippen molar-refractivity contribution in [2.75, 3.05) is 7.11 Å². The molecular formula is C27H35N3O5. The Labute approximate surface area is 206 Å². The monoisotopic (exact) mass is 481 g/mol. The van der Waals surface area contributed by atoms with E-state index >= 15 is 0 Å². The number of nitrogens with zero attached hydrogens (tertiary/aromatic N) is 2. The summed E-state index contributed by atoms with van der Waals surface area (Å²) in [7, 11) is 1.56. The van der Waals surface area contributed by atoms with E-state index in [-0.39, 0.29) is 5.78 Å². The van der Waals surface area contributed by atoms with Crippen LogP contribution in [0.25, 0.3) is 22.2 Å². The van der Waals surface area contributed by atoms with E-state index in [0.29, 0.717) is 42.4 Å². The summed E-state index contributed by atoms with van der Waals surface area (Å²) in [6, 6.07) is 9.24. The zero-order valence-corrected chi connectivity index (χ0v) is 21.2. The number of oxazole rings is 1. The minimum Gasteiger partial charge on any atom is -0.480 e. The maximum atomic E-state index is 12.5. The van der Waals surface area contributed by atoms with Gasteiger partial charge in [-0.2, -0.15) is 0 Å². The van der Waals surface area contributed by atoms with Gasteiger partial charge in [-0.25, -0.2) is 14.8 Å². The third-order valence-corrected chi connectivity index (χ3v) is 5.50. The maximum Gasteiger partial charge on any atom is 0.408 e. The summed E-state index contributed by atoms with van der Waals surface area (Å²) in [6.07, 6.45) is 5.33. The van der Waals surface area contributed by atoms with E-state index in [1.54, 1.807) is 13.3 Å². The van der Waals surface area contributed by atoms with Crippen molar-refractivity contribution < 1.29 is 23.5 Å². The Hall–Kier alpha value is -3.42. The van der Waals surface area contributed by atoms with Crippen LogP contribution in [0.5, 0.6) is 5.88 Å². The van der Waals surface area contributed by atoms with E-state index in [0.717, 1.165) is 30.2 Å². The number of ether oxygens (including phenoxy) is 2. The van der Waals surface area contributed by atoms with Crippen LogP contribution >= 0.6 is 0 Å². The molecule has 2 aromatic heterocycles. The largest absolute Gasteiger partial charge is 0.480 e. The first-order valence-corrected chi connectivity index (χ1v) is 12.1. The Morgan fingerprint density at radius 1 is 1.14 bits per heavy atom. The number of carbonyl (C=O) groups excluding carboxylic acids is 2. The molecule has 3 rings (SSSR count). The molecule has 0 aliphatic carbocycles. The molecule has 8 heteroatoms. The summed E-state index contributed by atoms with van der Waals surface area (Å²) in [5.41, 5.74) is 0.874. The Morgan fingerprint density at radius 2 is 1.91 bits per heavy atom. The molecule has 0 aliphatic rings. The van der Waals surface area contributed by atoms with Crippen molar-refractivity contribution in [3.63, 3.8) is 0 Å². The molecule has 3 aromatic rings. The number of ketones is 1. The Balaban J connectivity index is 1.80. The topological polar surface area (TPSA) is 104 Å². The molecule has 0 aliphatic heterocycles. The van der Waals surface area contributed by atoms with Gasteiger partial charge in [0.25, 0.3) is 0 Å². The molecule has 0 saturated carbocycles. The highest BCUT2D eigenvalue weighted by Crippen LogP contribution is 2.33. The summed E-state index contributed by atoms with van der Waals surface area (Å²) in [5.74, 6) is 1.58. The lowest BCUT2D eigenvalue weighted by atomic mass is 10.1. The normalized spacial score (nSPS) is 12.4. The van der Waals surface area contributed by atoms with Crippen molar-refractivity contribution in [1.29, 1.82) is 0 Å². The smallest absolute Gasteiger partial charge is 0.408 e. The highest BCUT2D eigenvalue weighted by molar-refractivity contribution is 5.85. The number of methoxy groups -OCH3 is 1. The molecule has 1 atom stereocenters. The fraction of sp³-hybridized carbons (Fsp3) is 0.481. The van der Waals surface area contributed by atoms with Gasteiger partial charge in [0.05, 0.1) is 24.4 Å². The number of amides is 1. The number of carbonyl (C=O) groups is 2. The van der Waals surface area contributed by atoms with Crippen molar-refractivity contribution in [2.24, 2.45) is 0 Å². The molecule has 0 unspecified atom stereocenters. The number of hydrogen-bond acceptors (Lipinski definition) is 7. The molecule has 1 amide bonds. The summed E-state index contributed by atoms with van der Waals surface area (Å²) in [4.78, 5) is 33.1. The molecule has 0 spiro atoms. The van der Waals surface area contributed by atoms with Gasteiger partial charge in [0.1, 0.15) is 17.4 Å². The minimum atomic E-state index is -0.624. The molecule has 1 aromatic carbocycles. The van der Waals surface area contributed by atoms with Gasteiger partial charge in [0.2, 0.25) is 11.8 Å². The molecule has 0 radical (unpaired) electrons. The van der Waals surface area contributed by atoms with Gasteiger partial charge in [0.15, 0.2) is 5.76 Å². The molecule has 2 heterocycles. The van der Waals surface area contributed by atoms with E-state index in [9.17, 15) is 9.59 Å². The fourth-order valence-electron chi connectivity index (χ4n) is 3.74. The molecule has 0 bridgehead atoms. The van der Waals surface area contributed by atoms with Crippen LogP contribution in [0.1, 0.15) is 78.2 Å². The number of hydrogen-bond donors (Lipinski definition) is 1. The number of aromatic nitrogens is 2. The van der Waals surface area contributed by atoms with E-state index in [2.05, 4.69) is 15.3 Å². The molecule has 1 N–H and O–H groups in total. The number of alkyl carbamates (subject to hydrolysis) is 1. The van der Waals surface area contributed by atoms with Gasteiger partial charge in [-0.05, 0) is 45.7 Å². The zero-order valence-electron chi connectivity index (χ0n) is 21.2. The summed E-state index contributed by atoms with van der Waals surface area (Å²) < 4.78 is 17.1. The standard InChI is InChI=1S/C27H35N3O5/c1-6-19(31)13-8-7-9-15-22(30-26(32)35-27(2,3)4)25-28-17-23(34-25)20-16-18-12-10-11-14-21(18)29-24(20)33-5/h10-12,14,16-17,22H,6-9,13,15H2,1-5H3,(H,30,32)/t22-/m0/s1. The number of fused-ring (bicyclic) bond motifs is 1. The van der Waals surface area contributed by atoms with Crippen LogP contribution in [0, 0.1) is 0 Å². The first-order chi connectivity index (χ1) is 16.7. The molecular weight excluding hydrogens is 446 g/mol. The van der Waals surface area contributed by atoms with Crippen molar-refractivity contribution in [2.45, 2.75) is 77.9 Å². The van der Waals surface area contributed by atoms with Crippen molar-refractivity contribution >= 4 is 22.8 Å². The first kappa shape index (κ1) is 26.2. The second-order valence-corrected chi connectivity index (χ2v) is 9.49. The lowest BCUT2D eigenvalue weighted by Gasteiger charge is -2.22. The number of rotatable bonds is 11. The van der Waals surface area contributed by atoms with Crippen LogP contribution in [0.15, 0.2) is 40.9 Å². The average molecular weight is 482 g/mol. The van der Waals surface area contributed by atoms with E-state index in [4.69, 9.17) is 13.9 Å². The molecule has 35 heavy (non-hydrogen) atoms. The third-order valence-electron chi connectivity index (χ3n) is 5.50. The summed E-state index contributed by atoms with van der Waals surface area (Å²) >= 11 is 0. The van der Waals surface area contributed by atoms with Gasteiger partial charge in [-0.15, -0.1) is 0 Å².